The minimum Gasteiger partial charge on any atom is -0.437 e. The third kappa shape index (κ3) is 9.92. The third-order valence-corrected chi connectivity index (χ3v) is 18.3. The average molecular weight is 1150 g/mol. The molecule has 0 amide bonds. The first-order valence-electron chi connectivity index (χ1n) is 34.8. The number of benzene rings is 4. The van der Waals surface area contributed by atoms with Gasteiger partial charge >= 0.3 is 0 Å². The summed E-state index contributed by atoms with van der Waals surface area (Å²) in [5.41, 5.74) is 20.7. The first-order chi connectivity index (χ1) is 45.3. The highest BCUT2D eigenvalue weighted by atomic mass is 16.3. The second-order valence-corrected chi connectivity index (χ2v) is 24.4. The summed E-state index contributed by atoms with van der Waals surface area (Å²) in [5, 5.41) is 5.87. The van der Waals surface area contributed by atoms with E-state index in [9.17, 15) is 1.37 Å². The maximum absolute atomic E-state index is 9.32. The lowest BCUT2D eigenvalue weighted by Crippen LogP contribution is -2.31. The molecule has 0 N–H and O–H groups in total. The van der Waals surface area contributed by atoms with Crippen molar-refractivity contribution in [1.82, 2.24) is 15.0 Å². The standard InChI is InChI=1S/C29H29N2O.C26H27N2O.C22H23N2O/c1-16-8-10-23-24-11-9-20(5)30-29(24)32-28(23)27(16)26-14-25(19(4)15-31(26)7)22-12-17(2)21(6)18(3)13-22;1-15-4-8-20-21-9-5-16(2)27-26(21)29-25(20)24(15)23-14-19(10-11-28(23)3)22-13-17-6-7-18(22)12-17;1-13(2)18-9-8-17-16-7-6-15(4)20(21(16)25-22(17)23-18)19-12-14(3)10-11-24(19)5/h8-15H,1-7H3;4-5,8-11,14,17-18,22H,6-7,12-13H2,1-3H3;6-13H,1-5H3/q3*+1/i2D3,4D3;22D;1D3. The van der Waals surface area contributed by atoms with Crippen molar-refractivity contribution in [2.45, 2.75) is 120 Å². The molecular formula is C77H79N6O3+3. The van der Waals surface area contributed by atoms with E-state index in [1.165, 1.54) is 30.4 Å². The highest BCUT2D eigenvalue weighted by Gasteiger charge is 2.41. The molecule has 432 valence electrons. The SMILES string of the molecule is [2H]C([2H])([2H])C(C)c1ccc2c(n1)oc1c(-c3cc(C)cc[n+]3C)c(C)ccc12.[2H]C([2H])([2H])c1c[n+](C)c(-c2c(C)ccc3c2oc2nc(C)ccc23)cc1-c1cc(C)c(C)c(C([2H])([2H])[2H])c1.[2H]C1(c2cc[n+](C)c(-c3c(C)ccc4c3oc3nc(C)ccc34)c2)CC2CCC1C2. The zero-order valence-corrected chi connectivity index (χ0v) is 51.2. The molecule has 0 spiro atoms. The molecule has 4 aromatic carbocycles. The van der Waals surface area contributed by atoms with Crippen molar-refractivity contribution in [3.05, 3.63) is 201 Å². The van der Waals surface area contributed by atoms with Gasteiger partial charge in [0, 0.05) is 99.0 Å². The molecule has 0 saturated heterocycles. The van der Waals surface area contributed by atoms with Crippen LogP contribution in [0.5, 0.6) is 0 Å². The Bertz CT molecular complexity index is 5310. The topological polar surface area (TPSA) is 89.7 Å². The number of fused-ring (bicyclic) bond motifs is 11. The Morgan fingerprint density at radius 2 is 1.01 bits per heavy atom. The summed E-state index contributed by atoms with van der Waals surface area (Å²) in [4.78, 5) is 13.7. The Hall–Kier alpha value is -8.82. The van der Waals surface area contributed by atoms with Gasteiger partial charge in [-0.15, -0.1) is 0 Å². The molecule has 0 radical (unpaired) electrons. The number of hydrogen-bond acceptors (Lipinski definition) is 6. The van der Waals surface area contributed by atoms with Crippen LogP contribution in [-0.2, 0) is 21.1 Å². The maximum Gasteiger partial charge on any atom is 0.227 e. The number of pyridine rings is 6. The highest BCUT2D eigenvalue weighted by molar-refractivity contribution is 6.11. The number of nitrogens with zero attached hydrogens (tertiary/aromatic N) is 6. The summed E-state index contributed by atoms with van der Waals surface area (Å²) >= 11 is 0. The molecule has 15 rings (SSSR count). The van der Waals surface area contributed by atoms with E-state index >= 15 is 0 Å². The smallest absolute Gasteiger partial charge is 0.227 e. The van der Waals surface area contributed by atoms with E-state index in [0.717, 1.165) is 123 Å². The van der Waals surface area contributed by atoms with Gasteiger partial charge in [-0.2, -0.15) is 0 Å². The summed E-state index contributed by atoms with van der Waals surface area (Å²) < 4.78 is 106. The second-order valence-electron chi connectivity index (χ2n) is 24.4. The molecule has 2 aliphatic carbocycles. The molecule has 2 bridgehead atoms. The van der Waals surface area contributed by atoms with Gasteiger partial charge in [0.1, 0.15) is 21.1 Å². The van der Waals surface area contributed by atoms with Crippen molar-refractivity contribution in [2.75, 3.05) is 0 Å². The second kappa shape index (κ2) is 21.9. The predicted molar refractivity (Wildman–Crippen MR) is 349 cm³/mol. The lowest BCUT2D eigenvalue weighted by atomic mass is 9.83. The largest absolute Gasteiger partial charge is 0.437 e. The number of aryl methyl sites for hydroxylation is 12. The Balaban J connectivity index is 0.000000132. The molecule has 9 aromatic heterocycles. The van der Waals surface area contributed by atoms with E-state index < -0.39 is 32.4 Å². The molecular weight excluding hydrogens is 1060 g/mol. The van der Waals surface area contributed by atoms with E-state index in [1.54, 1.807) is 36.7 Å². The summed E-state index contributed by atoms with van der Waals surface area (Å²) in [6, 6.07) is 38.2. The molecule has 9 heterocycles. The molecule has 9 heteroatoms. The zero-order chi connectivity index (χ0) is 68.6. The molecule has 13 aromatic rings. The quantitative estimate of drug-likeness (QED) is 0.154. The van der Waals surface area contributed by atoms with Crippen LogP contribution in [0, 0.1) is 80.9 Å². The van der Waals surface area contributed by atoms with Crippen LogP contribution in [0.2, 0.25) is 0 Å². The molecule has 2 fully saturated rings. The lowest BCUT2D eigenvalue weighted by molar-refractivity contribution is -0.660. The molecule has 2 saturated carbocycles. The number of furan rings is 3. The minimum atomic E-state index is -2.41. The van der Waals surface area contributed by atoms with Crippen LogP contribution in [0.3, 0.4) is 0 Å². The Kier molecular flexibility index (Phi) is 11.6. The highest BCUT2D eigenvalue weighted by Crippen LogP contribution is 2.53. The van der Waals surface area contributed by atoms with Crippen molar-refractivity contribution in [3.8, 4) is 44.9 Å². The minimum absolute atomic E-state index is 0.148. The van der Waals surface area contributed by atoms with Crippen LogP contribution in [0.25, 0.3) is 111 Å². The van der Waals surface area contributed by atoms with Crippen molar-refractivity contribution < 1.29 is 40.7 Å². The molecule has 86 heavy (non-hydrogen) atoms. The summed E-state index contributed by atoms with van der Waals surface area (Å²) in [5.74, 6) is 0.138. The number of aromatic nitrogens is 6. The van der Waals surface area contributed by atoms with Crippen LogP contribution in [-0.4, -0.2) is 15.0 Å². The lowest BCUT2D eigenvalue weighted by Gasteiger charge is -2.22. The van der Waals surface area contributed by atoms with Gasteiger partial charge in [0.25, 0.3) is 0 Å². The van der Waals surface area contributed by atoms with Gasteiger partial charge in [-0.25, -0.2) is 28.7 Å². The van der Waals surface area contributed by atoms with Crippen molar-refractivity contribution in [3.63, 3.8) is 0 Å². The normalized spacial score (nSPS) is 19.0. The van der Waals surface area contributed by atoms with Crippen molar-refractivity contribution >= 4 is 66.2 Å². The van der Waals surface area contributed by atoms with Gasteiger partial charge < -0.3 is 13.3 Å². The van der Waals surface area contributed by atoms with Gasteiger partial charge in [0.05, 0.1) is 16.7 Å². The molecule has 0 aliphatic heterocycles. The summed E-state index contributed by atoms with van der Waals surface area (Å²) in [7, 11) is 5.91. The van der Waals surface area contributed by atoms with E-state index in [0.29, 0.717) is 51.0 Å². The Labute approximate surface area is 519 Å². The number of hydrogen-bond donors (Lipinski definition) is 0. The maximum atomic E-state index is 9.32. The fraction of sp³-hybridized carbons (Fsp3) is 0.299. The summed E-state index contributed by atoms with van der Waals surface area (Å²) in [6.45, 7) is 10.6. The van der Waals surface area contributed by atoms with Gasteiger partial charge in [-0.05, 0) is 204 Å². The molecule has 9 nitrogen and oxygen atoms in total. The predicted octanol–water partition coefficient (Wildman–Crippen LogP) is 18.2. The Morgan fingerprint density at radius 1 is 0.500 bits per heavy atom. The average Bonchev–Trinajstić information content (AvgIpc) is 1.46. The van der Waals surface area contributed by atoms with Gasteiger partial charge in [0.2, 0.25) is 34.2 Å². The van der Waals surface area contributed by atoms with E-state index in [1.807, 2.05) is 103 Å². The van der Waals surface area contributed by atoms with E-state index in [-0.39, 0.29) is 11.1 Å². The van der Waals surface area contributed by atoms with Gasteiger partial charge in [-0.1, -0.05) is 68.7 Å². The van der Waals surface area contributed by atoms with Gasteiger partial charge in [-0.3, -0.25) is 0 Å². The zero-order valence-electron chi connectivity index (χ0n) is 61.2. The van der Waals surface area contributed by atoms with Crippen molar-refractivity contribution in [2.24, 2.45) is 33.0 Å². The first kappa shape index (κ1) is 45.5. The van der Waals surface area contributed by atoms with Crippen LogP contribution in [0.15, 0.2) is 147 Å². The Morgan fingerprint density at radius 3 is 1.55 bits per heavy atom. The summed E-state index contributed by atoms with van der Waals surface area (Å²) in [6.07, 6.45) is 10.5. The first-order valence-corrected chi connectivity index (χ1v) is 29.8. The fourth-order valence-electron chi connectivity index (χ4n) is 13.4. The van der Waals surface area contributed by atoms with Crippen LogP contribution in [0.1, 0.15) is 132 Å². The van der Waals surface area contributed by atoms with Gasteiger partial charge in [0.15, 0.2) is 35.3 Å². The fourth-order valence-corrected chi connectivity index (χ4v) is 13.4. The molecule has 4 unspecified atom stereocenters. The van der Waals surface area contributed by atoms with Crippen LogP contribution < -0.4 is 13.7 Å². The van der Waals surface area contributed by atoms with Crippen LogP contribution >= 0.6 is 0 Å². The molecule has 2 aliphatic rings. The monoisotopic (exact) mass is 1150 g/mol. The third-order valence-electron chi connectivity index (χ3n) is 18.3. The van der Waals surface area contributed by atoms with Crippen molar-refractivity contribution in [1.29, 1.82) is 0 Å². The van der Waals surface area contributed by atoms with Crippen LogP contribution in [0.4, 0.5) is 0 Å². The van der Waals surface area contributed by atoms with E-state index in [4.69, 9.17) is 25.6 Å². The molecule has 4 atom stereocenters. The van der Waals surface area contributed by atoms with E-state index in [2.05, 4.69) is 107 Å². The number of rotatable bonds is 6.